The summed E-state index contributed by atoms with van der Waals surface area (Å²) in [6.07, 6.45) is 7.57. The highest BCUT2D eigenvalue weighted by Crippen LogP contribution is 2.26. The first-order valence-corrected chi connectivity index (χ1v) is 12.3. The van der Waals surface area contributed by atoms with E-state index in [4.69, 9.17) is 14.2 Å². The molecule has 3 heterocycles. The largest absolute Gasteiger partial charge is 0.497 e. The number of ether oxygens (including phenoxy) is 3. The highest BCUT2D eigenvalue weighted by molar-refractivity contribution is 5.80. The lowest BCUT2D eigenvalue weighted by Gasteiger charge is -2.35. The van der Waals surface area contributed by atoms with Gasteiger partial charge in [0.15, 0.2) is 5.96 Å². The third-order valence-corrected chi connectivity index (χ3v) is 7.00. The van der Waals surface area contributed by atoms with E-state index in [0.717, 1.165) is 76.9 Å². The standard InChI is InChI=1S/C25H40N4O3/c1-26-25(28-13-10-22(11-14-28)32-19-24-7-3-4-15-31-24)27-17-20-9-12-29(18-20)21-6-5-8-23(16-21)30-2/h5-6,8,16,20,22,24H,3-4,7,9-15,17-19H2,1-2H3,(H,26,27). The van der Waals surface area contributed by atoms with Gasteiger partial charge in [0, 0.05) is 58.1 Å². The van der Waals surface area contributed by atoms with Crippen molar-refractivity contribution in [1.82, 2.24) is 10.2 Å². The van der Waals surface area contributed by atoms with Gasteiger partial charge in [-0.15, -0.1) is 0 Å². The van der Waals surface area contributed by atoms with Crippen molar-refractivity contribution in [3.8, 4) is 5.75 Å². The number of nitrogens with one attached hydrogen (secondary N) is 1. The summed E-state index contributed by atoms with van der Waals surface area (Å²) in [6, 6.07) is 8.36. The molecule has 3 fully saturated rings. The number of hydrogen-bond donors (Lipinski definition) is 1. The van der Waals surface area contributed by atoms with Gasteiger partial charge in [-0.25, -0.2) is 0 Å². The molecule has 7 heteroatoms. The maximum absolute atomic E-state index is 6.17. The number of piperidine rings is 1. The van der Waals surface area contributed by atoms with Crippen molar-refractivity contribution in [3.05, 3.63) is 24.3 Å². The van der Waals surface area contributed by atoms with Crippen molar-refractivity contribution < 1.29 is 14.2 Å². The van der Waals surface area contributed by atoms with Crippen molar-refractivity contribution >= 4 is 11.6 Å². The Morgan fingerprint density at radius 2 is 2.03 bits per heavy atom. The average Bonchev–Trinajstić information content (AvgIpc) is 3.34. The van der Waals surface area contributed by atoms with Crippen LogP contribution in [-0.4, -0.2) is 83.2 Å². The van der Waals surface area contributed by atoms with Crippen LogP contribution in [-0.2, 0) is 9.47 Å². The van der Waals surface area contributed by atoms with Crippen molar-refractivity contribution in [2.75, 3.05) is 65.0 Å². The van der Waals surface area contributed by atoms with Gasteiger partial charge in [0.2, 0.25) is 0 Å². The number of aliphatic imine (C=N–C) groups is 1. The zero-order valence-electron chi connectivity index (χ0n) is 19.8. The third-order valence-electron chi connectivity index (χ3n) is 7.00. The zero-order valence-corrected chi connectivity index (χ0v) is 19.8. The van der Waals surface area contributed by atoms with Gasteiger partial charge in [0.25, 0.3) is 0 Å². The number of rotatable bonds is 7. The van der Waals surface area contributed by atoms with Gasteiger partial charge < -0.3 is 29.3 Å². The maximum Gasteiger partial charge on any atom is 0.193 e. The molecular formula is C25H40N4O3. The van der Waals surface area contributed by atoms with Crippen molar-refractivity contribution in [2.24, 2.45) is 10.9 Å². The third kappa shape index (κ3) is 6.29. The van der Waals surface area contributed by atoms with Gasteiger partial charge in [-0.3, -0.25) is 4.99 Å². The number of methoxy groups -OCH3 is 1. The number of anilines is 1. The van der Waals surface area contributed by atoms with E-state index in [0.29, 0.717) is 18.1 Å². The van der Waals surface area contributed by atoms with Crippen LogP contribution in [0.5, 0.6) is 5.75 Å². The van der Waals surface area contributed by atoms with E-state index in [9.17, 15) is 0 Å². The zero-order chi connectivity index (χ0) is 22.2. The minimum Gasteiger partial charge on any atom is -0.497 e. The molecule has 0 amide bonds. The molecule has 1 aromatic carbocycles. The summed E-state index contributed by atoms with van der Waals surface area (Å²) in [4.78, 5) is 9.39. The van der Waals surface area contributed by atoms with Gasteiger partial charge >= 0.3 is 0 Å². The van der Waals surface area contributed by atoms with Gasteiger partial charge in [-0.05, 0) is 56.6 Å². The topological polar surface area (TPSA) is 58.6 Å². The van der Waals surface area contributed by atoms with Crippen LogP contribution in [0.4, 0.5) is 5.69 Å². The molecule has 2 unspecified atom stereocenters. The Bertz CT molecular complexity index is 730. The monoisotopic (exact) mass is 444 g/mol. The van der Waals surface area contributed by atoms with Crippen LogP contribution in [0.15, 0.2) is 29.3 Å². The minimum atomic E-state index is 0.305. The van der Waals surface area contributed by atoms with E-state index < -0.39 is 0 Å². The highest BCUT2D eigenvalue weighted by Gasteiger charge is 2.26. The summed E-state index contributed by atoms with van der Waals surface area (Å²) < 4.78 is 17.3. The van der Waals surface area contributed by atoms with Crippen LogP contribution >= 0.6 is 0 Å². The second kappa shape index (κ2) is 11.8. The molecule has 178 valence electrons. The first-order chi connectivity index (χ1) is 15.7. The van der Waals surface area contributed by atoms with Crippen molar-refractivity contribution in [3.63, 3.8) is 0 Å². The normalized spacial score (nSPS) is 25.2. The fourth-order valence-corrected chi connectivity index (χ4v) is 5.03. The van der Waals surface area contributed by atoms with E-state index in [1.165, 1.54) is 24.9 Å². The predicted molar refractivity (Wildman–Crippen MR) is 129 cm³/mol. The van der Waals surface area contributed by atoms with E-state index in [2.05, 4.69) is 38.3 Å². The van der Waals surface area contributed by atoms with E-state index in [1.54, 1.807) is 7.11 Å². The smallest absolute Gasteiger partial charge is 0.193 e. The fraction of sp³-hybridized carbons (Fsp3) is 0.720. The van der Waals surface area contributed by atoms with Gasteiger partial charge in [0.1, 0.15) is 5.75 Å². The second-order valence-corrected chi connectivity index (χ2v) is 9.24. The van der Waals surface area contributed by atoms with Crippen LogP contribution in [0.1, 0.15) is 38.5 Å². The molecule has 1 aromatic rings. The highest BCUT2D eigenvalue weighted by atomic mass is 16.5. The molecule has 0 radical (unpaired) electrons. The molecule has 7 nitrogen and oxygen atoms in total. The molecule has 0 saturated carbocycles. The number of benzene rings is 1. The Hall–Kier alpha value is -1.99. The fourth-order valence-electron chi connectivity index (χ4n) is 5.03. The quantitative estimate of drug-likeness (QED) is 0.515. The Balaban J connectivity index is 1.17. The molecule has 2 atom stereocenters. The van der Waals surface area contributed by atoms with Gasteiger partial charge in [0.05, 0.1) is 25.9 Å². The lowest BCUT2D eigenvalue weighted by molar-refractivity contribution is -0.0721. The Morgan fingerprint density at radius 1 is 1.16 bits per heavy atom. The summed E-state index contributed by atoms with van der Waals surface area (Å²) >= 11 is 0. The molecule has 4 rings (SSSR count). The summed E-state index contributed by atoms with van der Waals surface area (Å²) in [5.74, 6) is 2.57. The average molecular weight is 445 g/mol. The molecule has 3 saturated heterocycles. The van der Waals surface area contributed by atoms with Crippen LogP contribution in [0.3, 0.4) is 0 Å². The van der Waals surface area contributed by atoms with E-state index in [-0.39, 0.29) is 0 Å². The minimum absolute atomic E-state index is 0.305. The molecule has 3 aliphatic rings. The lowest BCUT2D eigenvalue weighted by Crippen LogP contribution is -2.48. The van der Waals surface area contributed by atoms with Crippen molar-refractivity contribution in [1.29, 1.82) is 0 Å². The Kier molecular flexibility index (Phi) is 8.51. The number of hydrogen-bond acceptors (Lipinski definition) is 5. The van der Waals surface area contributed by atoms with E-state index >= 15 is 0 Å². The molecule has 0 spiro atoms. The maximum atomic E-state index is 6.17. The van der Waals surface area contributed by atoms with E-state index in [1.807, 2.05) is 13.1 Å². The van der Waals surface area contributed by atoms with Gasteiger partial charge in [-0.1, -0.05) is 6.07 Å². The predicted octanol–water partition coefficient (Wildman–Crippen LogP) is 3.15. The molecule has 3 aliphatic heterocycles. The number of likely N-dealkylation sites (tertiary alicyclic amines) is 1. The van der Waals surface area contributed by atoms with Crippen LogP contribution in [0, 0.1) is 5.92 Å². The molecule has 0 aromatic heterocycles. The van der Waals surface area contributed by atoms with Crippen LogP contribution < -0.4 is 15.0 Å². The number of nitrogens with zero attached hydrogens (tertiary/aromatic N) is 3. The lowest BCUT2D eigenvalue weighted by atomic mass is 10.1. The Morgan fingerprint density at radius 3 is 2.78 bits per heavy atom. The van der Waals surface area contributed by atoms with Crippen LogP contribution in [0.2, 0.25) is 0 Å². The molecule has 0 aliphatic carbocycles. The summed E-state index contributed by atoms with van der Waals surface area (Å²) in [7, 11) is 3.62. The summed E-state index contributed by atoms with van der Waals surface area (Å²) in [5.41, 5.74) is 1.25. The first-order valence-electron chi connectivity index (χ1n) is 12.3. The molecule has 1 N–H and O–H groups in total. The number of guanidine groups is 1. The summed E-state index contributed by atoms with van der Waals surface area (Å²) in [6.45, 7) is 6.76. The second-order valence-electron chi connectivity index (χ2n) is 9.24. The van der Waals surface area contributed by atoms with Crippen molar-refractivity contribution in [2.45, 2.75) is 50.7 Å². The molecular weight excluding hydrogens is 404 g/mol. The molecule has 0 bridgehead atoms. The Labute approximate surface area is 193 Å². The summed E-state index contributed by atoms with van der Waals surface area (Å²) in [5, 5.41) is 3.64. The van der Waals surface area contributed by atoms with Gasteiger partial charge in [-0.2, -0.15) is 0 Å². The van der Waals surface area contributed by atoms with Crippen LogP contribution in [0.25, 0.3) is 0 Å². The molecule has 32 heavy (non-hydrogen) atoms. The SMILES string of the molecule is CN=C(NCC1CCN(c2cccc(OC)c2)C1)N1CCC(OCC2CCCCO2)CC1. The first kappa shape index (κ1) is 23.2.